The van der Waals surface area contributed by atoms with Gasteiger partial charge in [-0.1, -0.05) is 133 Å². The second-order valence-electron chi connectivity index (χ2n) is 12.5. The number of hydrogen-bond donors (Lipinski definition) is 0. The maximum absolute atomic E-state index is 6.21. The summed E-state index contributed by atoms with van der Waals surface area (Å²) in [5.74, 6) is 1.95. The van der Waals surface area contributed by atoms with Gasteiger partial charge in [0, 0.05) is 27.5 Å². The SMILES string of the molecule is c1ccc(-c2nc(-c3ccccc3)nc(-c3cccc(-c4ccc5c(ccc6ccc7cc8oc9ccccc9c8cc7c65)c4)c3)n2)cc1. The summed E-state index contributed by atoms with van der Waals surface area (Å²) in [5.41, 5.74) is 6.92. The lowest BCUT2D eigenvalue weighted by Gasteiger charge is -2.11. The minimum atomic E-state index is 0.644. The van der Waals surface area contributed by atoms with Crippen molar-refractivity contribution in [1.82, 2.24) is 15.0 Å². The Morgan fingerprint density at radius 1 is 0.306 bits per heavy atom. The lowest BCUT2D eigenvalue weighted by atomic mass is 9.93. The van der Waals surface area contributed by atoms with Gasteiger partial charge < -0.3 is 4.42 Å². The Morgan fingerprint density at radius 3 is 1.61 bits per heavy atom. The average molecular weight is 626 g/mol. The van der Waals surface area contributed by atoms with Crippen molar-refractivity contribution in [3.05, 3.63) is 164 Å². The molecule has 0 aliphatic heterocycles. The molecule has 0 N–H and O–H groups in total. The van der Waals surface area contributed by atoms with Crippen molar-refractivity contribution in [2.75, 3.05) is 0 Å². The second-order valence-corrected chi connectivity index (χ2v) is 12.5. The second kappa shape index (κ2) is 11.0. The van der Waals surface area contributed by atoms with Crippen LogP contribution >= 0.6 is 0 Å². The summed E-state index contributed by atoms with van der Waals surface area (Å²) in [5, 5.41) is 9.59. The van der Waals surface area contributed by atoms with Crippen LogP contribution in [0.25, 0.3) is 99.5 Å². The third kappa shape index (κ3) is 4.65. The highest BCUT2D eigenvalue weighted by Gasteiger charge is 2.15. The quantitative estimate of drug-likeness (QED) is 0.183. The number of para-hydroxylation sites is 1. The first-order valence-corrected chi connectivity index (χ1v) is 16.4. The first-order chi connectivity index (χ1) is 24.2. The molecular formula is C45H27N3O. The Morgan fingerprint density at radius 2 is 0.878 bits per heavy atom. The molecule has 49 heavy (non-hydrogen) atoms. The van der Waals surface area contributed by atoms with Crippen LogP contribution in [-0.2, 0) is 0 Å². The van der Waals surface area contributed by atoms with E-state index in [1.165, 1.54) is 32.3 Å². The molecule has 0 bridgehead atoms. The molecule has 0 aliphatic carbocycles. The summed E-state index contributed by atoms with van der Waals surface area (Å²) < 4.78 is 6.21. The lowest BCUT2D eigenvalue weighted by molar-refractivity contribution is 0.669. The number of fused-ring (bicyclic) bond motifs is 8. The predicted molar refractivity (Wildman–Crippen MR) is 201 cm³/mol. The molecule has 0 saturated carbocycles. The van der Waals surface area contributed by atoms with Gasteiger partial charge in [-0.15, -0.1) is 0 Å². The molecule has 4 heteroatoms. The molecule has 0 amide bonds. The zero-order valence-electron chi connectivity index (χ0n) is 26.3. The third-order valence-corrected chi connectivity index (χ3v) is 9.47. The fraction of sp³-hybridized carbons (Fsp3) is 0. The van der Waals surface area contributed by atoms with Crippen LogP contribution in [0.2, 0.25) is 0 Å². The van der Waals surface area contributed by atoms with E-state index in [-0.39, 0.29) is 0 Å². The molecule has 10 aromatic rings. The molecule has 228 valence electrons. The van der Waals surface area contributed by atoms with Gasteiger partial charge in [-0.05, 0) is 73.8 Å². The number of furan rings is 1. The molecule has 0 unspecified atom stereocenters. The van der Waals surface area contributed by atoms with E-state index < -0.39 is 0 Å². The summed E-state index contributed by atoms with van der Waals surface area (Å²) in [6.45, 7) is 0. The molecule has 0 saturated heterocycles. The normalized spacial score (nSPS) is 11.7. The average Bonchev–Trinajstić information content (AvgIpc) is 3.54. The number of hydrogen-bond acceptors (Lipinski definition) is 4. The molecule has 0 aliphatic rings. The molecule has 0 spiro atoms. The Labute approximate surface area is 282 Å². The van der Waals surface area contributed by atoms with E-state index in [1.807, 2.05) is 72.8 Å². The number of benzene rings is 8. The topological polar surface area (TPSA) is 51.8 Å². The van der Waals surface area contributed by atoms with Crippen molar-refractivity contribution in [2.45, 2.75) is 0 Å². The van der Waals surface area contributed by atoms with Crippen molar-refractivity contribution >= 4 is 54.3 Å². The minimum absolute atomic E-state index is 0.644. The standard InChI is InChI=1S/C45H27N3O/c1-3-10-29(11-4-1)43-46-44(30-12-5-2-6-13-30)48-45(47-43)35-15-9-14-31(25-35)32-22-23-36-33(24-32)20-18-28-19-21-34-26-41-39(27-38(34)42(28)36)37-16-7-8-17-40(37)49-41/h1-27H. The summed E-state index contributed by atoms with van der Waals surface area (Å²) in [4.78, 5) is 14.8. The van der Waals surface area contributed by atoms with Crippen LogP contribution in [0.15, 0.2) is 168 Å². The number of nitrogens with zero attached hydrogens (tertiary/aromatic N) is 3. The van der Waals surface area contributed by atoms with Crippen molar-refractivity contribution in [1.29, 1.82) is 0 Å². The van der Waals surface area contributed by atoms with Crippen LogP contribution < -0.4 is 0 Å². The summed E-state index contributed by atoms with van der Waals surface area (Å²) in [6, 6.07) is 57.1. The van der Waals surface area contributed by atoms with Gasteiger partial charge in [-0.25, -0.2) is 15.0 Å². The minimum Gasteiger partial charge on any atom is -0.456 e. The highest BCUT2D eigenvalue weighted by atomic mass is 16.3. The summed E-state index contributed by atoms with van der Waals surface area (Å²) in [7, 11) is 0. The highest BCUT2D eigenvalue weighted by molar-refractivity contribution is 6.23. The van der Waals surface area contributed by atoms with Gasteiger partial charge in [0.15, 0.2) is 17.5 Å². The zero-order chi connectivity index (χ0) is 32.3. The first-order valence-electron chi connectivity index (χ1n) is 16.4. The Hall–Kier alpha value is -6.65. The number of rotatable bonds is 4. The van der Waals surface area contributed by atoms with Crippen molar-refractivity contribution in [3.63, 3.8) is 0 Å². The largest absolute Gasteiger partial charge is 0.456 e. The monoisotopic (exact) mass is 625 g/mol. The maximum Gasteiger partial charge on any atom is 0.164 e. The maximum atomic E-state index is 6.21. The molecule has 8 aromatic carbocycles. The van der Waals surface area contributed by atoms with E-state index in [9.17, 15) is 0 Å². The van der Waals surface area contributed by atoms with Crippen LogP contribution in [0.1, 0.15) is 0 Å². The third-order valence-electron chi connectivity index (χ3n) is 9.47. The van der Waals surface area contributed by atoms with Gasteiger partial charge >= 0.3 is 0 Å². The van der Waals surface area contributed by atoms with Crippen LogP contribution in [0.5, 0.6) is 0 Å². The molecule has 0 atom stereocenters. The lowest BCUT2D eigenvalue weighted by Crippen LogP contribution is -2.00. The Bertz CT molecular complexity index is 2820. The van der Waals surface area contributed by atoms with Crippen molar-refractivity contribution in [2.24, 2.45) is 0 Å². The van der Waals surface area contributed by atoms with Gasteiger partial charge in [0.25, 0.3) is 0 Å². The van der Waals surface area contributed by atoms with E-state index >= 15 is 0 Å². The molecule has 0 radical (unpaired) electrons. The molecule has 4 nitrogen and oxygen atoms in total. The summed E-state index contributed by atoms with van der Waals surface area (Å²) >= 11 is 0. The molecule has 2 aromatic heterocycles. The van der Waals surface area contributed by atoms with Crippen LogP contribution in [0, 0.1) is 0 Å². The molecule has 0 fully saturated rings. The van der Waals surface area contributed by atoms with Gasteiger partial charge in [-0.2, -0.15) is 0 Å². The van der Waals surface area contributed by atoms with Crippen LogP contribution in [0.4, 0.5) is 0 Å². The van der Waals surface area contributed by atoms with Crippen molar-refractivity contribution in [3.8, 4) is 45.3 Å². The van der Waals surface area contributed by atoms with Gasteiger partial charge in [-0.3, -0.25) is 0 Å². The van der Waals surface area contributed by atoms with Crippen molar-refractivity contribution < 1.29 is 4.42 Å². The number of aromatic nitrogens is 3. The van der Waals surface area contributed by atoms with Gasteiger partial charge in [0.1, 0.15) is 11.2 Å². The smallest absolute Gasteiger partial charge is 0.164 e. The van der Waals surface area contributed by atoms with Gasteiger partial charge in [0.2, 0.25) is 0 Å². The van der Waals surface area contributed by atoms with Crippen LogP contribution in [-0.4, -0.2) is 15.0 Å². The zero-order valence-corrected chi connectivity index (χ0v) is 26.3. The Kier molecular flexibility index (Phi) is 6.15. The predicted octanol–water partition coefficient (Wildman–Crippen LogP) is 11.9. The highest BCUT2D eigenvalue weighted by Crippen LogP contribution is 2.39. The molecular weight excluding hydrogens is 599 g/mol. The fourth-order valence-electron chi connectivity index (χ4n) is 7.06. The first kappa shape index (κ1) is 27.5. The van der Waals surface area contributed by atoms with Crippen LogP contribution in [0.3, 0.4) is 0 Å². The Balaban J connectivity index is 1.11. The van der Waals surface area contributed by atoms with E-state index in [0.29, 0.717) is 17.5 Å². The van der Waals surface area contributed by atoms with E-state index in [0.717, 1.165) is 49.8 Å². The van der Waals surface area contributed by atoms with E-state index in [2.05, 4.69) is 91.0 Å². The fourth-order valence-corrected chi connectivity index (χ4v) is 7.06. The molecule has 2 heterocycles. The molecule has 10 rings (SSSR count). The van der Waals surface area contributed by atoms with Gasteiger partial charge in [0.05, 0.1) is 0 Å². The summed E-state index contributed by atoms with van der Waals surface area (Å²) in [6.07, 6.45) is 0. The van der Waals surface area contributed by atoms with E-state index in [1.54, 1.807) is 0 Å². The van der Waals surface area contributed by atoms with E-state index in [4.69, 9.17) is 19.4 Å².